The second-order valence-corrected chi connectivity index (χ2v) is 3.26. The summed E-state index contributed by atoms with van der Waals surface area (Å²) in [6.07, 6.45) is 5.15. The average Bonchev–Trinajstić information content (AvgIpc) is 2.68. The minimum atomic E-state index is 0.722. The highest BCUT2D eigenvalue weighted by Crippen LogP contribution is 2.16. The van der Waals surface area contributed by atoms with E-state index in [1.807, 2.05) is 14.0 Å². The maximum Gasteiger partial charge on any atom is 0.120 e. The first-order valence-corrected chi connectivity index (χ1v) is 4.77. The Labute approximate surface area is 88.0 Å². The molecular formula is C10H13N5. The van der Waals surface area contributed by atoms with E-state index in [1.165, 1.54) is 0 Å². The largest absolute Gasteiger partial charge is 0.340 e. The number of aromatic nitrogens is 4. The normalized spacial score (nSPS) is 10.5. The van der Waals surface area contributed by atoms with Gasteiger partial charge in [0, 0.05) is 12.4 Å². The predicted octanol–water partition coefficient (Wildman–Crippen LogP) is 0.895. The summed E-state index contributed by atoms with van der Waals surface area (Å²) in [6, 6.07) is 0. The maximum atomic E-state index is 4.27. The molecule has 0 aliphatic carbocycles. The Morgan fingerprint density at radius 2 is 2.07 bits per heavy atom. The summed E-state index contributed by atoms with van der Waals surface area (Å²) in [7, 11) is 1.88. The molecule has 0 radical (unpaired) electrons. The van der Waals surface area contributed by atoms with E-state index >= 15 is 0 Å². The molecule has 0 atom stereocenters. The van der Waals surface area contributed by atoms with E-state index in [0.29, 0.717) is 0 Å². The molecule has 2 N–H and O–H groups in total. The molecule has 0 aromatic carbocycles. The number of hydrogen-bond donors (Lipinski definition) is 2. The Morgan fingerprint density at radius 1 is 1.27 bits per heavy atom. The van der Waals surface area contributed by atoms with Crippen LogP contribution in [-0.4, -0.2) is 27.0 Å². The SMILES string of the molecule is CNCc1ncc(-c2nccnc2C)[nH]1. The fraction of sp³-hybridized carbons (Fsp3) is 0.300. The summed E-state index contributed by atoms with van der Waals surface area (Å²) in [5, 5.41) is 3.03. The monoisotopic (exact) mass is 203 g/mol. The maximum absolute atomic E-state index is 4.27. The van der Waals surface area contributed by atoms with Gasteiger partial charge in [0.05, 0.1) is 24.1 Å². The summed E-state index contributed by atoms with van der Waals surface area (Å²) in [5.74, 6) is 0.901. The van der Waals surface area contributed by atoms with Gasteiger partial charge in [-0.1, -0.05) is 0 Å². The minimum absolute atomic E-state index is 0.722. The number of nitrogens with zero attached hydrogens (tertiary/aromatic N) is 3. The molecule has 2 rings (SSSR count). The van der Waals surface area contributed by atoms with E-state index in [9.17, 15) is 0 Å². The van der Waals surface area contributed by atoms with Crippen molar-refractivity contribution < 1.29 is 0 Å². The molecule has 15 heavy (non-hydrogen) atoms. The van der Waals surface area contributed by atoms with Crippen LogP contribution in [0.15, 0.2) is 18.6 Å². The van der Waals surface area contributed by atoms with Crippen molar-refractivity contribution in [3.63, 3.8) is 0 Å². The average molecular weight is 203 g/mol. The summed E-state index contributed by atoms with van der Waals surface area (Å²) in [6.45, 7) is 2.65. The minimum Gasteiger partial charge on any atom is -0.340 e. The van der Waals surface area contributed by atoms with Crippen molar-refractivity contribution in [1.82, 2.24) is 25.3 Å². The van der Waals surface area contributed by atoms with Crippen LogP contribution >= 0.6 is 0 Å². The van der Waals surface area contributed by atoms with Gasteiger partial charge in [0.15, 0.2) is 0 Å². The van der Waals surface area contributed by atoms with Crippen LogP contribution in [0, 0.1) is 6.92 Å². The lowest BCUT2D eigenvalue weighted by Crippen LogP contribution is -2.06. The predicted molar refractivity (Wildman–Crippen MR) is 57.1 cm³/mol. The molecule has 0 amide bonds. The molecule has 0 saturated carbocycles. The Morgan fingerprint density at radius 3 is 2.80 bits per heavy atom. The van der Waals surface area contributed by atoms with Crippen LogP contribution in [0.2, 0.25) is 0 Å². The second-order valence-electron chi connectivity index (χ2n) is 3.26. The van der Waals surface area contributed by atoms with Crippen LogP contribution in [0.25, 0.3) is 11.4 Å². The van der Waals surface area contributed by atoms with Crippen molar-refractivity contribution in [1.29, 1.82) is 0 Å². The smallest absolute Gasteiger partial charge is 0.120 e. The Hall–Kier alpha value is -1.75. The van der Waals surface area contributed by atoms with Gasteiger partial charge in [-0.05, 0) is 14.0 Å². The standard InChI is InChI=1S/C10H13N5/c1-7-10(13-4-3-12-7)8-5-14-9(15-8)6-11-2/h3-5,11H,6H2,1-2H3,(H,14,15). The summed E-state index contributed by atoms with van der Waals surface area (Å²) < 4.78 is 0. The molecule has 0 fully saturated rings. The summed E-state index contributed by atoms with van der Waals surface area (Å²) in [5.41, 5.74) is 2.66. The first-order chi connectivity index (χ1) is 7.31. The van der Waals surface area contributed by atoms with Gasteiger partial charge in [-0.15, -0.1) is 0 Å². The van der Waals surface area contributed by atoms with E-state index in [2.05, 4.69) is 25.3 Å². The van der Waals surface area contributed by atoms with Crippen LogP contribution in [0.3, 0.4) is 0 Å². The molecule has 0 spiro atoms. The van der Waals surface area contributed by atoms with Crippen LogP contribution in [0.5, 0.6) is 0 Å². The number of hydrogen-bond acceptors (Lipinski definition) is 4. The van der Waals surface area contributed by atoms with E-state index in [4.69, 9.17) is 0 Å². The molecule has 0 unspecified atom stereocenters. The molecule has 5 heteroatoms. The lowest BCUT2D eigenvalue weighted by atomic mass is 10.2. The van der Waals surface area contributed by atoms with Gasteiger partial charge < -0.3 is 10.3 Å². The molecule has 2 heterocycles. The van der Waals surface area contributed by atoms with Crippen molar-refractivity contribution in [3.05, 3.63) is 30.1 Å². The molecule has 2 aromatic heterocycles. The van der Waals surface area contributed by atoms with Crippen molar-refractivity contribution >= 4 is 0 Å². The molecule has 5 nitrogen and oxygen atoms in total. The lowest BCUT2D eigenvalue weighted by molar-refractivity contribution is 0.772. The van der Waals surface area contributed by atoms with Gasteiger partial charge in [0.25, 0.3) is 0 Å². The van der Waals surface area contributed by atoms with Crippen molar-refractivity contribution in [2.45, 2.75) is 13.5 Å². The molecule has 2 aromatic rings. The third-order valence-electron chi connectivity index (χ3n) is 2.11. The quantitative estimate of drug-likeness (QED) is 0.777. The highest BCUT2D eigenvalue weighted by Gasteiger charge is 2.06. The van der Waals surface area contributed by atoms with Crippen LogP contribution in [-0.2, 0) is 6.54 Å². The first-order valence-electron chi connectivity index (χ1n) is 4.77. The first kappa shape index (κ1) is 9.79. The van der Waals surface area contributed by atoms with Gasteiger partial charge in [0.2, 0.25) is 0 Å². The van der Waals surface area contributed by atoms with Gasteiger partial charge >= 0.3 is 0 Å². The summed E-state index contributed by atoms with van der Waals surface area (Å²) >= 11 is 0. The molecule has 78 valence electrons. The zero-order valence-electron chi connectivity index (χ0n) is 8.78. The highest BCUT2D eigenvalue weighted by atomic mass is 15.0. The molecule has 0 aliphatic rings. The zero-order valence-corrected chi connectivity index (χ0v) is 8.78. The van der Waals surface area contributed by atoms with Crippen LogP contribution in [0.4, 0.5) is 0 Å². The zero-order chi connectivity index (χ0) is 10.7. The van der Waals surface area contributed by atoms with E-state index in [0.717, 1.165) is 29.5 Å². The molecular weight excluding hydrogens is 190 g/mol. The fourth-order valence-corrected chi connectivity index (χ4v) is 1.41. The van der Waals surface area contributed by atoms with E-state index in [-0.39, 0.29) is 0 Å². The number of aromatic amines is 1. The second kappa shape index (κ2) is 4.18. The van der Waals surface area contributed by atoms with Crippen LogP contribution in [0.1, 0.15) is 11.5 Å². The van der Waals surface area contributed by atoms with Crippen molar-refractivity contribution in [3.8, 4) is 11.4 Å². The number of H-pyrrole nitrogens is 1. The third-order valence-corrected chi connectivity index (χ3v) is 2.11. The Bertz CT molecular complexity index is 449. The number of nitrogens with one attached hydrogen (secondary N) is 2. The van der Waals surface area contributed by atoms with Crippen LogP contribution < -0.4 is 5.32 Å². The molecule has 0 aliphatic heterocycles. The van der Waals surface area contributed by atoms with E-state index in [1.54, 1.807) is 18.6 Å². The topological polar surface area (TPSA) is 66.5 Å². The third kappa shape index (κ3) is 2.02. The van der Waals surface area contributed by atoms with Gasteiger partial charge in [0.1, 0.15) is 11.5 Å². The van der Waals surface area contributed by atoms with Gasteiger partial charge in [-0.2, -0.15) is 0 Å². The molecule has 0 bridgehead atoms. The van der Waals surface area contributed by atoms with Gasteiger partial charge in [-0.25, -0.2) is 4.98 Å². The van der Waals surface area contributed by atoms with Crippen molar-refractivity contribution in [2.24, 2.45) is 0 Å². The number of rotatable bonds is 3. The van der Waals surface area contributed by atoms with Gasteiger partial charge in [-0.3, -0.25) is 9.97 Å². The Balaban J connectivity index is 2.33. The highest BCUT2D eigenvalue weighted by molar-refractivity contribution is 5.55. The Kier molecular flexibility index (Phi) is 2.73. The summed E-state index contributed by atoms with van der Waals surface area (Å²) in [4.78, 5) is 15.9. The fourth-order valence-electron chi connectivity index (χ4n) is 1.41. The lowest BCUT2D eigenvalue weighted by Gasteiger charge is -1.99. The number of aryl methyl sites for hydroxylation is 1. The number of imidazole rings is 1. The van der Waals surface area contributed by atoms with E-state index < -0.39 is 0 Å². The molecule has 0 saturated heterocycles. The van der Waals surface area contributed by atoms with Crippen molar-refractivity contribution in [2.75, 3.05) is 7.05 Å².